The first-order chi connectivity index (χ1) is 16.0. The van der Waals surface area contributed by atoms with E-state index >= 15 is 0 Å². The summed E-state index contributed by atoms with van der Waals surface area (Å²) < 4.78 is 0. The lowest BCUT2D eigenvalue weighted by atomic mass is 10.0. The third kappa shape index (κ3) is 9.79. The molecule has 1 aromatic rings. The van der Waals surface area contributed by atoms with Crippen molar-refractivity contribution in [1.82, 2.24) is 16.0 Å². The van der Waals surface area contributed by atoms with Gasteiger partial charge in [0.1, 0.15) is 23.9 Å². The molecule has 0 spiro atoms. The third-order valence-electron chi connectivity index (χ3n) is 4.83. The van der Waals surface area contributed by atoms with Crippen molar-refractivity contribution in [3.8, 4) is 5.75 Å². The minimum Gasteiger partial charge on any atom is -0.508 e. The Morgan fingerprint density at radius 1 is 1.03 bits per heavy atom. The minimum atomic E-state index is -1.40. The average molecular weight is 517 g/mol. The number of amides is 3. The summed E-state index contributed by atoms with van der Waals surface area (Å²) in [7, 11) is 0. The second kappa shape index (κ2) is 14.7. The van der Waals surface area contributed by atoms with Crippen LogP contribution in [0.2, 0.25) is 0 Å². The number of nitrogens with one attached hydrogen (secondary N) is 3. The van der Waals surface area contributed by atoms with Gasteiger partial charge in [-0.25, -0.2) is 4.79 Å². The molecular weight excluding hydrogens is 484 g/mol. The van der Waals surface area contributed by atoms with Gasteiger partial charge in [0.2, 0.25) is 17.7 Å². The van der Waals surface area contributed by atoms with Gasteiger partial charge in [0.05, 0.1) is 12.1 Å². The largest absolute Gasteiger partial charge is 0.508 e. The van der Waals surface area contributed by atoms with Gasteiger partial charge in [-0.15, -0.1) is 0 Å². The molecular formula is C21H32N4O7S2. The Balaban J connectivity index is 2.87. The first-order valence-electron chi connectivity index (χ1n) is 10.4. The van der Waals surface area contributed by atoms with Crippen molar-refractivity contribution in [3.05, 3.63) is 29.8 Å². The predicted octanol–water partition coefficient (Wildman–Crippen LogP) is -1.14. The summed E-state index contributed by atoms with van der Waals surface area (Å²) >= 11 is 5.33. The van der Waals surface area contributed by atoms with E-state index in [2.05, 4.69) is 28.6 Å². The topological polar surface area (TPSA) is 191 Å². The quantitative estimate of drug-likeness (QED) is 0.141. The first kappa shape index (κ1) is 29.6. The minimum absolute atomic E-state index is 0.0664. The number of carbonyl (C=O) groups excluding carboxylic acids is 3. The molecule has 3 amide bonds. The van der Waals surface area contributed by atoms with E-state index in [1.165, 1.54) is 30.8 Å². The van der Waals surface area contributed by atoms with Crippen LogP contribution in [0.4, 0.5) is 0 Å². The zero-order valence-corrected chi connectivity index (χ0v) is 20.6. The Kier molecular flexibility index (Phi) is 12.8. The zero-order valence-electron chi connectivity index (χ0n) is 18.9. The number of nitrogens with two attached hydrogens (primary N) is 1. The maximum absolute atomic E-state index is 12.8. The van der Waals surface area contributed by atoms with Crippen molar-refractivity contribution < 1.29 is 34.5 Å². The molecule has 0 fully saturated rings. The molecule has 1 rings (SSSR count). The lowest BCUT2D eigenvalue weighted by Gasteiger charge is -2.26. The molecule has 0 heterocycles. The summed E-state index contributed by atoms with van der Waals surface area (Å²) in [5.41, 5.74) is 6.62. The highest BCUT2D eigenvalue weighted by atomic mass is 32.2. The predicted molar refractivity (Wildman–Crippen MR) is 132 cm³/mol. The number of carbonyl (C=O) groups is 4. The van der Waals surface area contributed by atoms with Gasteiger partial charge in [-0.05, 0) is 49.5 Å². The monoisotopic (exact) mass is 516 g/mol. The van der Waals surface area contributed by atoms with Crippen LogP contribution in [0.3, 0.4) is 0 Å². The normalized spacial score (nSPS) is 15.3. The number of aliphatic hydroxyl groups excluding tert-OH is 1. The fraction of sp³-hybridized carbons (Fsp3) is 0.524. The maximum Gasteiger partial charge on any atom is 0.327 e. The number of hydrogen-bond donors (Lipinski definition) is 8. The number of phenols is 1. The Morgan fingerprint density at radius 3 is 2.12 bits per heavy atom. The summed E-state index contributed by atoms with van der Waals surface area (Å²) in [5, 5.41) is 35.8. The molecule has 0 bridgehead atoms. The molecule has 0 saturated carbocycles. The number of aromatic hydroxyl groups is 1. The Labute approximate surface area is 207 Å². The van der Waals surface area contributed by atoms with E-state index < -0.39 is 54.0 Å². The van der Waals surface area contributed by atoms with Crippen LogP contribution < -0.4 is 21.7 Å². The molecule has 8 N–H and O–H groups in total. The van der Waals surface area contributed by atoms with Crippen LogP contribution in [-0.2, 0) is 25.6 Å². The van der Waals surface area contributed by atoms with Crippen LogP contribution in [-0.4, -0.2) is 87.0 Å². The van der Waals surface area contributed by atoms with Crippen molar-refractivity contribution in [3.63, 3.8) is 0 Å². The van der Waals surface area contributed by atoms with Gasteiger partial charge in [0.25, 0.3) is 0 Å². The van der Waals surface area contributed by atoms with Gasteiger partial charge in [-0.3, -0.25) is 14.4 Å². The van der Waals surface area contributed by atoms with Crippen molar-refractivity contribution in [1.29, 1.82) is 0 Å². The molecule has 0 aliphatic rings. The summed E-state index contributed by atoms with van der Waals surface area (Å²) in [6.45, 7) is 1.30. The van der Waals surface area contributed by atoms with Crippen molar-refractivity contribution in [2.75, 3.05) is 17.8 Å². The van der Waals surface area contributed by atoms with Gasteiger partial charge < -0.3 is 37.0 Å². The highest BCUT2D eigenvalue weighted by Crippen LogP contribution is 2.11. The molecule has 5 atom stereocenters. The summed E-state index contributed by atoms with van der Waals surface area (Å²) in [6.07, 6.45) is 0.815. The standard InChI is InChI=1S/C21H32N4O7S2/c1-11(26)17(25-18(28)14(22)9-12-3-5-13(27)6-4-12)20(30)23-15(7-8-34-2)19(29)24-16(10-33)21(31)32/h3-6,11,14-17,26-27,33H,7-10,22H2,1-2H3,(H,23,30)(H,24,29)(H,25,28)(H,31,32). The summed E-state index contributed by atoms with van der Waals surface area (Å²) in [4.78, 5) is 49.2. The Bertz CT molecular complexity index is 839. The van der Waals surface area contributed by atoms with Gasteiger partial charge in [-0.2, -0.15) is 24.4 Å². The summed E-state index contributed by atoms with van der Waals surface area (Å²) in [6, 6.07) is 1.34. The van der Waals surface area contributed by atoms with Crippen LogP contribution in [0.5, 0.6) is 5.75 Å². The van der Waals surface area contributed by atoms with E-state index in [-0.39, 0.29) is 24.3 Å². The van der Waals surface area contributed by atoms with Crippen LogP contribution >= 0.6 is 24.4 Å². The van der Waals surface area contributed by atoms with Gasteiger partial charge in [0, 0.05) is 5.75 Å². The van der Waals surface area contributed by atoms with Crippen LogP contribution in [0, 0.1) is 0 Å². The van der Waals surface area contributed by atoms with Gasteiger partial charge in [0.15, 0.2) is 0 Å². The van der Waals surface area contributed by atoms with Crippen molar-refractivity contribution >= 4 is 48.1 Å². The highest BCUT2D eigenvalue weighted by Gasteiger charge is 2.32. The highest BCUT2D eigenvalue weighted by molar-refractivity contribution is 7.98. The number of carboxylic acid groups (broad SMARTS) is 1. The third-order valence-corrected chi connectivity index (χ3v) is 5.84. The van der Waals surface area contributed by atoms with E-state index in [0.29, 0.717) is 11.3 Å². The summed E-state index contributed by atoms with van der Waals surface area (Å²) in [5.74, 6) is -3.09. The second-order valence-corrected chi connectivity index (χ2v) is 8.98. The molecule has 1 aromatic carbocycles. The molecule has 13 heteroatoms. The molecule has 0 saturated heterocycles. The number of aliphatic carboxylic acids is 1. The molecule has 5 unspecified atom stereocenters. The van der Waals surface area contributed by atoms with Gasteiger partial charge >= 0.3 is 5.97 Å². The first-order valence-corrected chi connectivity index (χ1v) is 12.5. The smallest absolute Gasteiger partial charge is 0.327 e. The van der Waals surface area contributed by atoms with Crippen LogP contribution in [0.15, 0.2) is 24.3 Å². The molecule has 34 heavy (non-hydrogen) atoms. The number of benzene rings is 1. The number of thioether (sulfide) groups is 1. The van der Waals surface area contributed by atoms with Gasteiger partial charge in [-0.1, -0.05) is 12.1 Å². The Hall–Kier alpha value is -2.48. The number of rotatable bonds is 14. The molecule has 11 nitrogen and oxygen atoms in total. The lowest BCUT2D eigenvalue weighted by Crippen LogP contribution is -2.60. The van der Waals surface area contributed by atoms with E-state index in [1.54, 1.807) is 18.4 Å². The van der Waals surface area contributed by atoms with E-state index in [1.807, 2.05) is 0 Å². The molecule has 0 radical (unpaired) electrons. The number of hydrogen-bond acceptors (Lipinski definition) is 9. The number of phenolic OH excluding ortho intramolecular Hbond substituents is 1. The second-order valence-electron chi connectivity index (χ2n) is 7.63. The fourth-order valence-electron chi connectivity index (χ4n) is 2.87. The Morgan fingerprint density at radius 2 is 1.62 bits per heavy atom. The number of thiol groups is 1. The van der Waals surface area contributed by atoms with Crippen LogP contribution in [0.25, 0.3) is 0 Å². The molecule has 0 aliphatic heterocycles. The average Bonchev–Trinajstić information content (AvgIpc) is 2.78. The van der Waals surface area contributed by atoms with E-state index in [9.17, 15) is 29.4 Å². The molecule has 0 aliphatic carbocycles. The van der Waals surface area contributed by atoms with Crippen molar-refractivity contribution in [2.45, 2.75) is 50.0 Å². The lowest BCUT2D eigenvalue weighted by molar-refractivity contribution is -0.141. The molecule has 0 aromatic heterocycles. The zero-order chi connectivity index (χ0) is 25.8. The SMILES string of the molecule is CSCCC(NC(=O)C(NC(=O)C(N)Cc1ccc(O)cc1)C(C)O)C(=O)NC(CS)C(=O)O. The number of aliphatic hydroxyl groups is 1. The number of carboxylic acids is 1. The maximum atomic E-state index is 12.8. The fourth-order valence-corrected chi connectivity index (χ4v) is 3.59. The molecule has 190 valence electrons. The van der Waals surface area contributed by atoms with E-state index in [0.717, 1.165) is 0 Å². The van der Waals surface area contributed by atoms with Crippen molar-refractivity contribution in [2.24, 2.45) is 5.73 Å². The van der Waals surface area contributed by atoms with E-state index in [4.69, 9.17) is 10.8 Å². The van der Waals surface area contributed by atoms with Crippen LogP contribution in [0.1, 0.15) is 18.9 Å².